The summed E-state index contributed by atoms with van der Waals surface area (Å²) in [4.78, 5) is 10.5. The van der Waals surface area contributed by atoms with Crippen LogP contribution in [-0.4, -0.2) is 34.0 Å². The molecule has 0 aromatic rings. The maximum Gasteiger partial charge on any atom is 0.328 e. The van der Waals surface area contributed by atoms with Gasteiger partial charge in [-0.3, -0.25) is 0 Å². The summed E-state index contributed by atoms with van der Waals surface area (Å²) in [6.07, 6.45) is 9.81. The van der Waals surface area contributed by atoms with Crippen molar-refractivity contribution in [3.05, 3.63) is 36.0 Å². The van der Waals surface area contributed by atoms with Crippen molar-refractivity contribution in [3.8, 4) is 0 Å². The van der Waals surface area contributed by atoms with Crippen LogP contribution >= 0.6 is 0 Å². The number of aliphatic hydroxyl groups excluding tert-OH is 2. The Morgan fingerprint density at radius 2 is 2.09 bits per heavy atom. The smallest absolute Gasteiger partial charge is 0.328 e. The van der Waals surface area contributed by atoms with E-state index in [2.05, 4.69) is 6.92 Å². The van der Waals surface area contributed by atoms with E-state index in [1.54, 1.807) is 12.2 Å². The zero-order valence-corrected chi connectivity index (χ0v) is 13.2. The molecule has 2 rings (SSSR count). The molecule has 122 valence electrons. The highest BCUT2D eigenvalue weighted by molar-refractivity contribution is 5.80. The second-order valence-electron chi connectivity index (χ2n) is 6.75. The first kappa shape index (κ1) is 17.0. The van der Waals surface area contributed by atoms with Crippen LogP contribution in [0.25, 0.3) is 0 Å². The lowest BCUT2D eigenvalue weighted by atomic mass is 9.58. The van der Waals surface area contributed by atoms with Gasteiger partial charge in [0.1, 0.15) is 0 Å². The van der Waals surface area contributed by atoms with E-state index in [9.17, 15) is 15.0 Å². The van der Waals surface area contributed by atoms with Gasteiger partial charge in [0, 0.05) is 18.6 Å². The predicted octanol–water partition coefficient (Wildman–Crippen LogP) is 2.39. The van der Waals surface area contributed by atoms with E-state index in [1.807, 2.05) is 19.1 Å². The van der Waals surface area contributed by atoms with Crippen molar-refractivity contribution >= 4 is 5.97 Å². The SMILES string of the molecule is CC1=C[C@H](O)[C@H]2C[C@@H](CO)C[C@@H](C)[C@@H]2[C@H]1/C=C/C=C/C(=O)O. The van der Waals surface area contributed by atoms with E-state index in [0.717, 1.165) is 24.5 Å². The van der Waals surface area contributed by atoms with Gasteiger partial charge in [0.2, 0.25) is 0 Å². The lowest BCUT2D eigenvalue weighted by Crippen LogP contribution is -2.44. The number of fused-ring (bicyclic) bond motifs is 1. The summed E-state index contributed by atoms with van der Waals surface area (Å²) < 4.78 is 0. The zero-order valence-electron chi connectivity index (χ0n) is 13.2. The molecular formula is C18H26O4. The largest absolute Gasteiger partial charge is 0.478 e. The molecule has 0 unspecified atom stereocenters. The number of carbonyl (C=O) groups is 1. The van der Waals surface area contributed by atoms with Crippen LogP contribution < -0.4 is 0 Å². The van der Waals surface area contributed by atoms with Gasteiger partial charge < -0.3 is 15.3 Å². The zero-order chi connectivity index (χ0) is 16.3. The van der Waals surface area contributed by atoms with Crippen molar-refractivity contribution in [2.24, 2.45) is 29.6 Å². The van der Waals surface area contributed by atoms with Crippen LogP contribution in [0, 0.1) is 29.6 Å². The molecule has 22 heavy (non-hydrogen) atoms. The minimum atomic E-state index is -0.953. The Balaban J connectivity index is 2.21. The van der Waals surface area contributed by atoms with Crippen molar-refractivity contribution in [3.63, 3.8) is 0 Å². The summed E-state index contributed by atoms with van der Waals surface area (Å²) in [5.41, 5.74) is 1.14. The molecule has 2 aliphatic carbocycles. The molecule has 0 radical (unpaired) electrons. The van der Waals surface area contributed by atoms with E-state index in [1.165, 1.54) is 0 Å². The molecule has 0 aromatic heterocycles. The third-order valence-corrected chi connectivity index (χ3v) is 5.20. The number of carboxylic acids is 1. The molecular weight excluding hydrogens is 280 g/mol. The second-order valence-corrected chi connectivity index (χ2v) is 6.75. The average molecular weight is 306 g/mol. The van der Waals surface area contributed by atoms with Gasteiger partial charge in [-0.05, 0) is 43.4 Å². The summed E-state index contributed by atoms with van der Waals surface area (Å²) in [6.45, 7) is 4.41. The van der Waals surface area contributed by atoms with Crippen molar-refractivity contribution in [1.29, 1.82) is 0 Å². The topological polar surface area (TPSA) is 77.8 Å². The Kier molecular flexibility index (Phi) is 5.59. The summed E-state index contributed by atoms with van der Waals surface area (Å²) in [5, 5.41) is 28.5. The normalized spacial score (nSPS) is 39.0. The number of allylic oxidation sites excluding steroid dienone is 4. The maximum absolute atomic E-state index is 10.5. The molecule has 1 fully saturated rings. The van der Waals surface area contributed by atoms with Crippen LogP contribution in [0.3, 0.4) is 0 Å². The molecule has 3 N–H and O–H groups in total. The minimum Gasteiger partial charge on any atom is -0.478 e. The Morgan fingerprint density at radius 3 is 2.73 bits per heavy atom. The lowest BCUT2D eigenvalue weighted by Gasteiger charge is -2.48. The molecule has 0 aromatic carbocycles. The molecule has 6 atom stereocenters. The van der Waals surface area contributed by atoms with Gasteiger partial charge in [-0.25, -0.2) is 4.79 Å². The highest BCUT2D eigenvalue weighted by Gasteiger charge is 2.44. The first-order chi connectivity index (χ1) is 10.4. The summed E-state index contributed by atoms with van der Waals surface area (Å²) in [7, 11) is 0. The number of hydrogen-bond acceptors (Lipinski definition) is 3. The van der Waals surface area contributed by atoms with E-state index in [0.29, 0.717) is 11.8 Å². The second kappa shape index (κ2) is 7.25. The van der Waals surface area contributed by atoms with Crippen molar-refractivity contribution < 1.29 is 20.1 Å². The van der Waals surface area contributed by atoms with Gasteiger partial charge in [0.15, 0.2) is 0 Å². The van der Waals surface area contributed by atoms with Gasteiger partial charge in [-0.15, -0.1) is 0 Å². The van der Waals surface area contributed by atoms with Gasteiger partial charge in [-0.1, -0.05) is 36.8 Å². The van der Waals surface area contributed by atoms with Gasteiger partial charge in [0.25, 0.3) is 0 Å². The Hall–Kier alpha value is -1.39. The fourth-order valence-electron chi connectivity index (χ4n) is 4.29. The maximum atomic E-state index is 10.5. The third kappa shape index (κ3) is 3.68. The molecule has 4 nitrogen and oxygen atoms in total. The van der Waals surface area contributed by atoms with Crippen LogP contribution in [0.5, 0.6) is 0 Å². The van der Waals surface area contributed by atoms with Crippen LogP contribution in [0.15, 0.2) is 36.0 Å². The highest BCUT2D eigenvalue weighted by atomic mass is 16.4. The monoisotopic (exact) mass is 306 g/mol. The lowest BCUT2D eigenvalue weighted by molar-refractivity contribution is -0.131. The number of carboxylic acid groups (broad SMARTS) is 1. The van der Waals surface area contributed by atoms with Crippen LogP contribution in [0.1, 0.15) is 26.7 Å². The quantitative estimate of drug-likeness (QED) is 0.423. The molecule has 0 amide bonds. The summed E-state index contributed by atoms with van der Waals surface area (Å²) >= 11 is 0. The first-order valence-corrected chi connectivity index (χ1v) is 7.99. The van der Waals surface area contributed by atoms with Crippen LogP contribution in [0.2, 0.25) is 0 Å². The fourth-order valence-corrected chi connectivity index (χ4v) is 4.29. The molecule has 4 heteroatoms. The average Bonchev–Trinajstić information content (AvgIpc) is 2.46. The minimum absolute atomic E-state index is 0.169. The highest BCUT2D eigenvalue weighted by Crippen LogP contribution is 2.48. The van der Waals surface area contributed by atoms with Gasteiger partial charge in [0.05, 0.1) is 6.10 Å². The molecule has 1 saturated carbocycles. The van der Waals surface area contributed by atoms with Crippen molar-refractivity contribution in [1.82, 2.24) is 0 Å². The van der Waals surface area contributed by atoms with Gasteiger partial charge >= 0.3 is 5.97 Å². The molecule has 0 bridgehead atoms. The molecule has 0 aliphatic heterocycles. The number of hydrogen-bond donors (Lipinski definition) is 3. The van der Waals surface area contributed by atoms with Crippen LogP contribution in [0.4, 0.5) is 0 Å². The number of rotatable bonds is 4. The molecule has 0 heterocycles. The summed E-state index contributed by atoms with van der Waals surface area (Å²) in [6, 6.07) is 0. The standard InChI is InChI=1S/C18H26O4/c1-11-8-16(20)15-9-13(10-19)7-12(2)18(15)14(11)5-3-4-6-17(21)22/h3-6,8,12-16,18-20H,7,9-10H2,1-2H3,(H,21,22)/b5-3+,6-4+/t12-,13+,14+,15-,16+,18-/m1/s1. The van der Waals surface area contributed by atoms with Crippen molar-refractivity contribution in [2.75, 3.05) is 6.61 Å². The first-order valence-electron chi connectivity index (χ1n) is 7.99. The molecule has 0 saturated heterocycles. The van der Waals surface area contributed by atoms with Crippen molar-refractivity contribution in [2.45, 2.75) is 32.8 Å². The van der Waals surface area contributed by atoms with E-state index in [-0.39, 0.29) is 24.4 Å². The predicted molar refractivity (Wildman–Crippen MR) is 85.1 cm³/mol. The van der Waals surface area contributed by atoms with E-state index in [4.69, 9.17) is 5.11 Å². The number of aliphatic carboxylic acids is 1. The van der Waals surface area contributed by atoms with E-state index >= 15 is 0 Å². The third-order valence-electron chi connectivity index (χ3n) is 5.20. The Bertz CT molecular complexity index is 491. The van der Waals surface area contributed by atoms with Crippen LogP contribution in [-0.2, 0) is 4.79 Å². The fraction of sp³-hybridized carbons (Fsp3) is 0.611. The number of aliphatic hydroxyl groups is 2. The van der Waals surface area contributed by atoms with Gasteiger partial charge in [-0.2, -0.15) is 0 Å². The Morgan fingerprint density at radius 1 is 1.36 bits per heavy atom. The summed E-state index contributed by atoms with van der Waals surface area (Å²) in [5.74, 6) is 0.480. The molecule has 0 spiro atoms. The van der Waals surface area contributed by atoms with E-state index < -0.39 is 12.1 Å². The Labute approximate surface area is 131 Å². The molecule has 2 aliphatic rings.